The van der Waals surface area contributed by atoms with Crippen molar-refractivity contribution in [1.82, 2.24) is 0 Å². The van der Waals surface area contributed by atoms with E-state index in [1.54, 1.807) is 11.3 Å². The molecule has 0 fully saturated rings. The van der Waals surface area contributed by atoms with Gasteiger partial charge >= 0.3 is 0 Å². The monoisotopic (exact) mass is 255 g/mol. The van der Waals surface area contributed by atoms with E-state index in [2.05, 4.69) is 35.0 Å². The van der Waals surface area contributed by atoms with Crippen LogP contribution in [0.3, 0.4) is 0 Å². The van der Waals surface area contributed by atoms with Gasteiger partial charge in [-0.15, -0.1) is 11.3 Å². The predicted octanol–water partition coefficient (Wildman–Crippen LogP) is 3.69. The van der Waals surface area contributed by atoms with Crippen LogP contribution in [0.15, 0.2) is 18.2 Å². The van der Waals surface area contributed by atoms with Gasteiger partial charge in [0.1, 0.15) is 0 Å². The first-order valence-corrected chi connectivity index (χ1v) is 5.99. The van der Waals surface area contributed by atoms with Crippen molar-refractivity contribution in [2.24, 2.45) is 0 Å². The maximum Gasteiger partial charge on any atom is 0.0575 e. The molecule has 0 amide bonds. The summed E-state index contributed by atoms with van der Waals surface area (Å²) in [5.41, 5.74) is 8.04. The molecule has 13 heavy (non-hydrogen) atoms. The highest BCUT2D eigenvalue weighted by Crippen LogP contribution is 2.32. The number of thiophene rings is 1. The largest absolute Gasteiger partial charge is 0.398 e. The van der Waals surface area contributed by atoms with E-state index >= 15 is 0 Å². The Balaban J connectivity index is 2.75. The van der Waals surface area contributed by atoms with Crippen LogP contribution >= 0.6 is 27.3 Å². The topological polar surface area (TPSA) is 26.0 Å². The number of nitrogen functional groups attached to an aromatic ring is 1. The second-order valence-corrected chi connectivity index (χ2v) is 4.82. The molecule has 1 heterocycles. The van der Waals surface area contributed by atoms with Gasteiger partial charge in [0, 0.05) is 15.9 Å². The summed E-state index contributed by atoms with van der Waals surface area (Å²) >= 11 is 5.21. The van der Waals surface area contributed by atoms with E-state index in [0.29, 0.717) is 0 Å². The molecule has 1 nitrogen and oxygen atoms in total. The summed E-state index contributed by atoms with van der Waals surface area (Å²) in [5, 5.41) is 2.17. The molecule has 0 atom stereocenters. The third-order valence-corrected chi connectivity index (χ3v) is 4.15. The van der Waals surface area contributed by atoms with Crippen LogP contribution in [-0.2, 0) is 5.33 Å². The summed E-state index contributed by atoms with van der Waals surface area (Å²) in [4.78, 5) is 1.33. The third-order valence-electron chi connectivity index (χ3n) is 1.97. The van der Waals surface area contributed by atoms with Crippen LogP contribution in [0.2, 0.25) is 0 Å². The van der Waals surface area contributed by atoms with Gasteiger partial charge in [-0.3, -0.25) is 0 Å². The van der Waals surface area contributed by atoms with Crippen molar-refractivity contribution in [1.29, 1.82) is 0 Å². The molecule has 2 aromatic rings. The Kier molecular flexibility index (Phi) is 2.30. The van der Waals surface area contributed by atoms with Crippen molar-refractivity contribution in [3.8, 4) is 0 Å². The Morgan fingerprint density at radius 3 is 2.85 bits per heavy atom. The third kappa shape index (κ3) is 1.58. The Labute approximate surface area is 89.7 Å². The van der Waals surface area contributed by atoms with E-state index < -0.39 is 0 Å². The van der Waals surface area contributed by atoms with E-state index in [0.717, 1.165) is 11.0 Å². The lowest BCUT2D eigenvalue weighted by atomic mass is 10.1. The van der Waals surface area contributed by atoms with Crippen molar-refractivity contribution in [3.05, 3.63) is 28.6 Å². The van der Waals surface area contributed by atoms with Crippen molar-refractivity contribution >= 4 is 43.0 Å². The second kappa shape index (κ2) is 3.31. The zero-order chi connectivity index (χ0) is 9.42. The number of rotatable bonds is 1. The lowest BCUT2D eigenvalue weighted by molar-refractivity contribution is 1.51. The molecular weight excluding hydrogens is 246 g/mol. The van der Waals surface area contributed by atoms with Gasteiger partial charge in [0.25, 0.3) is 0 Å². The van der Waals surface area contributed by atoms with E-state index in [1.165, 1.54) is 20.5 Å². The average Bonchev–Trinajstić information content (AvgIpc) is 2.47. The minimum atomic E-state index is 0.896. The molecule has 0 spiro atoms. The molecule has 1 aromatic carbocycles. The minimum absolute atomic E-state index is 0.896. The van der Waals surface area contributed by atoms with Gasteiger partial charge in [-0.25, -0.2) is 0 Å². The number of halogens is 1. The van der Waals surface area contributed by atoms with Gasteiger partial charge in [0.15, 0.2) is 0 Å². The molecule has 2 N–H and O–H groups in total. The number of hydrogen-bond acceptors (Lipinski definition) is 2. The van der Waals surface area contributed by atoms with Crippen molar-refractivity contribution < 1.29 is 0 Å². The van der Waals surface area contributed by atoms with E-state index in [-0.39, 0.29) is 0 Å². The molecule has 1 aromatic heterocycles. The fourth-order valence-electron chi connectivity index (χ4n) is 1.45. The Bertz CT molecular complexity index is 447. The Morgan fingerprint density at radius 1 is 1.38 bits per heavy atom. The number of anilines is 1. The van der Waals surface area contributed by atoms with Crippen molar-refractivity contribution in [2.75, 3.05) is 5.73 Å². The summed E-state index contributed by atoms with van der Waals surface area (Å²) in [6.07, 6.45) is 0. The molecule has 0 radical (unpaired) electrons. The van der Waals surface area contributed by atoms with Gasteiger partial charge < -0.3 is 5.73 Å². The number of nitrogens with two attached hydrogens (primary N) is 1. The number of fused-ring (bicyclic) bond motifs is 1. The van der Waals surface area contributed by atoms with E-state index in [9.17, 15) is 0 Å². The van der Waals surface area contributed by atoms with E-state index in [1.807, 2.05) is 6.07 Å². The van der Waals surface area contributed by atoms with Crippen molar-refractivity contribution in [3.63, 3.8) is 0 Å². The maximum absolute atomic E-state index is 5.92. The SMILES string of the molecule is Cc1cc(N)c2sc(CBr)cc2c1. The van der Waals surface area contributed by atoms with Crippen LogP contribution < -0.4 is 5.73 Å². The summed E-state index contributed by atoms with van der Waals surface area (Å²) in [6.45, 7) is 2.07. The standard InChI is InChI=1S/C10H10BrNS/c1-6-2-7-4-8(5-11)13-10(7)9(12)3-6/h2-4H,5,12H2,1H3. The second-order valence-electron chi connectivity index (χ2n) is 3.12. The Morgan fingerprint density at radius 2 is 2.15 bits per heavy atom. The first kappa shape index (κ1) is 9.03. The molecule has 68 valence electrons. The first-order chi connectivity index (χ1) is 6.20. The molecule has 0 bridgehead atoms. The summed E-state index contributed by atoms with van der Waals surface area (Å²) in [7, 11) is 0. The highest BCUT2D eigenvalue weighted by atomic mass is 79.9. The number of aryl methyl sites for hydroxylation is 1. The number of alkyl halides is 1. The molecule has 0 saturated heterocycles. The smallest absolute Gasteiger partial charge is 0.0575 e. The van der Waals surface area contributed by atoms with Crippen LogP contribution in [0.5, 0.6) is 0 Å². The molecule has 0 aliphatic rings. The van der Waals surface area contributed by atoms with Gasteiger partial charge in [0.2, 0.25) is 0 Å². The van der Waals surface area contributed by atoms with Crippen LogP contribution in [0.4, 0.5) is 5.69 Å². The molecule has 0 saturated carbocycles. The number of hydrogen-bond donors (Lipinski definition) is 1. The fourth-order valence-corrected chi connectivity index (χ4v) is 2.88. The van der Waals surface area contributed by atoms with E-state index in [4.69, 9.17) is 5.73 Å². The highest BCUT2D eigenvalue weighted by molar-refractivity contribution is 9.08. The fraction of sp³-hybridized carbons (Fsp3) is 0.200. The predicted molar refractivity (Wildman–Crippen MR) is 63.6 cm³/mol. The molecule has 2 rings (SSSR count). The lowest BCUT2D eigenvalue weighted by Gasteiger charge is -1.97. The normalized spacial score (nSPS) is 10.9. The lowest BCUT2D eigenvalue weighted by Crippen LogP contribution is -1.84. The minimum Gasteiger partial charge on any atom is -0.398 e. The quantitative estimate of drug-likeness (QED) is 0.611. The zero-order valence-corrected chi connectivity index (χ0v) is 9.71. The summed E-state index contributed by atoms with van der Waals surface area (Å²) < 4.78 is 1.21. The van der Waals surface area contributed by atoms with Crippen LogP contribution in [0.25, 0.3) is 10.1 Å². The highest BCUT2D eigenvalue weighted by Gasteiger charge is 2.04. The van der Waals surface area contributed by atoms with Gasteiger partial charge in [-0.2, -0.15) is 0 Å². The molecule has 0 aliphatic heterocycles. The van der Waals surface area contributed by atoms with Gasteiger partial charge in [0.05, 0.1) is 4.70 Å². The van der Waals surface area contributed by atoms with Gasteiger partial charge in [-0.1, -0.05) is 22.0 Å². The van der Waals surface area contributed by atoms with Crippen LogP contribution in [0, 0.1) is 6.92 Å². The zero-order valence-electron chi connectivity index (χ0n) is 7.30. The summed E-state index contributed by atoms with van der Waals surface area (Å²) in [5.74, 6) is 0. The average molecular weight is 256 g/mol. The molecule has 3 heteroatoms. The van der Waals surface area contributed by atoms with Crippen LogP contribution in [0.1, 0.15) is 10.4 Å². The molecular formula is C10H10BrNS. The molecule has 0 unspecified atom stereocenters. The maximum atomic E-state index is 5.92. The van der Waals surface area contributed by atoms with Crippen molar-refractivity contribution in [2.45, 2.75) is 12.3 Å². The number of benzene rings is 1. The first-order valence-electron chi connectivity index (χ1n) is 4.05. The van der Waals surface area contributed by atoms with Crippen LogP contribution in [-0.4, -0.2) is 0 Å². The summed E-state index contributed by atoms with van der Waals surface area (Å²) in [6, 6.07) is 6.39. The molecule has 0 aliphatic carbocycles. The Hall–Kier alpha value is -0.540. The van der Waals surface area contributed by atoms with Gasteiger partial charge in [-0.05, 0) is 30.0 Å².